The number of ether oxygens (including phenoxy) is 2. The second-order valence-corrected chi connectivity index (χ2v) is 6.46. The van der Waals surface area contributed by atoms with Crippen molar-refractivity contribution in [2.75, 3.05) is 37.5 Å². The van der Waals surface area contributed by atoms with Crippen molar-refractivity contribution in [2.24, 2.45) is 11.5 Å². The molecule has 2 aromatic carbocycles. The van der Waals surface area contributed by atoms with Crippen molar-refractivity contribution in [3.05, 3.63) is 52.6 Å². The lowest BCUT2D eigenvalue weighted by Crippen LogP contribution is -2.25. The molecule has 0 aromatic heterocycles. The van der Waals surface area contributed by atoms with Gasteiger partial charge in [-0.25, -0.2) is 0 Å². The molecule has 29 heavy (non-hydrogen) atoms. The summed E-state index contributed by atoms with van der Waals surface area (Å²) in [4.78, 5) is 38.2. The van der Waals surface area contributed by atoms with Crippen molar-refractivity contribution in [3.63, 3.8) is 0 Å². The van der Waals surface area contributed by atoms with Gasteiger partial charge >= 0.3 is 0 Å². The summed E-state index contributed by atoms with van der Waals surface area (Å²) >= 11 is 5.54. The van der Waals surface area contributed by atoms with E-state index < -0.39 is 11.7 Å². The van der Waals surface area contributed by atoms with Gasteiger partial charge < -0.3 is 26.3 Å². The van der Waals surface area contributed by atoms with E-state index in [9.17, 15) is 14.4 Å². The topological polar surface area (TPSA) is 134 Å². The van der Waals surface area contributed by atoms with Crippen LogP contribution in [0, 0.1) is 0 Å². The number of halogens is 1. The highest BCUT2D eigenvalue weighted by molar-refractivity contribution is 6.31. The van der Waals surface area contributed by atoms with Gasteiger partial charge in [0.2, 0.25) is 11.7 Å². The van der Waals surface area contributed by atoms with Crippen LogP contribution >= 0.6 is 11.6 Å². The first-order valence-electron chi connectivity index (χ1n) is 8.93. The van der Waals surface area contributed by atoms with Gasteiger partial charge in [-0.1, -0.05) is 12.1 Å². The van der Waals surface area contributed by atoms with Gasteiger partial charge in [-0.3, -0.25) is 14.4 Å². The Kier molecular flexibility index (Phi) is 6.48. The minimum absolute atomic E-state index is 0.101. The van der Waals surface area contributed by atoms with Gasteiger partial charge in [-0.05, 0) is 12.1 Å². The zero-order chi connectivity index (χ0) is 21.0. The van der Waals surface area contributed by atoms with Gasteiger partial charge in [0.15, 0.2) is 5.78 Å². The summed E-state index contributed by atoms with van der Waals surface area (Å²) in [7, 11) is 0. The number of hydrogen-bond donors (Lipinski definition) is 3. The molecule has 0 heterocycles. The SMILES string of the molecule is NCCOc1cccc2c1C(=O)c1c(OCCN)cc(NC(=O)CCl)cc1C2=O. The highest BCUT2D eigenvalue weighted by atomic mass is 35.5. The van der Waals surface area contributed by atoms with Gasteiger partial charge in [0, 0.05) is 36.0 Å². The molecule has 0 unspecified atom stereocenters. The fraction of sp³-hybridized carbons (Fsp3) is 0.250. The van der Waals surface area contributed by atoms with Gasteiger partial charge in [0.1, 0.15) is 30.6 Å². The quantitative estimate of drug-likeness (QED) is 0.470. The lowest BCUT2D eigenvalue weighted by molar-refractivity contribution is -0.113. The predicted octanol–water partition coefficient (Wildman–Crippen LogP) is 1.31. The van der Waals surface area contributed by atoms with Gasteiger partial charge in [-0.2, -0.15) is 0 Å². The van der Waals surface area contributed by atoms with Crippen LogP contribution in [0.2, 0.25) is 0 Å². The molecule has 2 aromatic rings. The molecule has 1 aliphatic rings. The molecule has 0 saturated carbocycles. The van der Waals surface area contributed by atoms with Gasteiger partial charge in [0.05, 0.1) is 11.1 Å². The van der Waals surface area contributed by atoms with E-state index in [4.69, 9.17) is 32.5 Å². The first-order chi connectivity index (χ1) is 14.0. The smallest absolute Gasteiger partial charge is 0.239 e. The Hall–Kier alpha value is -2.94. The number of ketones is 2. The second kappa shape index (κ2) is 9.04. The number of benzene rings is 2. The van der Waals surface area contributed by atoms with Crippen molar-refractivity contribution in [2.45, 2.75) is 0 Å². The summed E-state index contributed by atoms with van der Waals surface area (Å²) in [6, 6.07) is 7.70. The number of amides is 1. The van der Waals surface area contributed by atoms with E-state index in [0.717, 1.165) is 0 Å². The van der Waals surface area contributed by atoms with Crippen LogP contribution in [-0.2, 0) is 4.79 Å². The molecule has 0 saturated heterocycles. The number of hydrogen-bond acceptors (Lipinski definition) is 7. The largest absolute Gasteiger partial charge is 0.491 e. The second-order valence-electron chi connectivity index (χ2n) is 6.19. The third-order valence-corrected chi connectivity index (χ3v) is 4.47. The number of nitrogens with two attached hydrogens (primary N) is 2. The molecule has 0 atom stereocenters. The Morgan fingerprint density at radius 3 is 2.24 bits per heavy atom. The molecule has 9 heteroatoms. The van der Waals surface area contributed by atoms with E-state index in [1.54, 1.807) is 18.2 Å². The van der Waals surface area contributed by atoms with Crippen molar-refractivity contribution in [3.8, 4) is 11.5 Å². The summed E-state index contributed by atoms with van der Waals surface area (Å²) in [6.07, 6.45) is 0. The van der Waals surface area contributed by atoms with E-state index in [1.807, 2.05) is 0 Å². The zero-order valence-electron chi connectivity index (χ0n) is 15.5. The lowest BCUT2D eigenvalue weighted by Gasteiger charge is -2.23. The van der Waals surface area contributed by atoms with Crippen LogP contribution in [0.5, 0.6) is 11.5 Å². The lowest BCUT2D eigenvalue weighted by atomic mass is 9.82. The highest BCUT2D eigenvalue weighted by Gasteiger charge is 2.35. The molecule has 5 N–H and O–H groups in total. The van der Waals surface area contributed by atoms with E-state index in [2.05, 4.69) is 5.32 Å². The maximum atomic E-state index is 13.3. The average Bonchev–Trinajstić information content (AvgIpc) is 2.73. The summed E-state index contributed by atoms with van der Waals surface area (Å²) in [6.45, 7) is 0.789. The minimum Gasteiger partial charge on any atom is -0.491 e. The van der Waals surface area contributed by atoms with E-state index in [-0.39, 0.29) is 71.7 Å². The Balaban J connectivity index is 2.15. The zero-order valence-corrected chi connectivity index (χ0v) is 16.3. The first-order valence-corrected chi connectivity index (χ1v) is 9.47. The minimum atomic E-state index is -0.455. The number of fused-ring (bicyclic) bond motifs is 2. The summed E-state index contributed by atoms with van der Waals surface area (Å²) < 4.78 is 11.2. The van der Waals surface area contributed by atoms with Crippen LogP contribution < -0.4 is 26.3 Å². The number of nitrogens with one attached hydrogen (secondary N) is 1. The van der Waals surface area contributed by atoms with Crippen molar-refractivity contribution in [1.82, 2.24) is 0 Å². The third-order valence-electron chi connectivity index (χ3n) is 4.23. The summed E-state index contributed by atoms with van der Waals surface area (Å²) in [5.74, 6) is -1.08. The highest BCUT2D eigenvalue weighted by Crippen LogP contribution is 2.39. The van der Waals surface area contributed by atoms with Crippen LogP contribution in [-0.4, -0.2) is 49.7 Å². The molecular weight excluding hydrogens is 398 g/mol. The Morgan fingerprint density at radius 1 is 0.931 bits per heavy atom. The number of anilines is 1. The first kappa shape index (κ1) is 20.8. The molecule has 8 nitrogen and oxygen atoms in total. The number of alkyl halides is 1. The van der Waals surface area contributed by atoms with Gasteiger partial charge in [-0.15, -0.1) is 11.6 Å². The predicted molar refractivity (Wildman–Crippen MR) is 108 cm³/mol. The van der Waals surface area contributed by atoms with E-state index >= 15 is 0 Å². The van der Waals surface area contributed by atoms with Crippen LogP contribution in [0.15, 0.2) is 30.3 Å². The molecule has 1 aliphatic carbocycles. The monoisotopic (exact) mass is 417 g/mol. The Morgan fingerprint density at radius 2 is 1.59 bits per heavy atom. The van der Waals surface area contributed by atoms with Crippen molar-refractivity contribution in [1.29, 1.82) is 0 Å². The van der Waals surface area contributed by atoms with E-state index in [1.165, 1.54) is 12.1 Å². The number of carbonyl (C=O) groups excluding carboxylic acids is 3. The molecular formula is C20H20ClN3O5. The maximum Gasteiger partial charge on any atom is 0.239 e. The molecule has 0 bridgehead atoms. The van der Waals surface area contributed by atoms with Crippen molar-refractivity contribution >= 4 is 34.8 Å². The van der Waals surface area contributed by atoms with Crippen LogP contribution in [0.4, 0.5) is 5.69 Å². The molecule has 152 valence electrons. The Bertz CT molecular complexity index is 977. The Labute approximate surface area is 172 Å². The molecule has 3 rings (SSSR count). The molecule has 0 fully saturated rings. The van der Waals surface area contributed by atoms with Crippen molar-refractivity contribution < 1.29 is 23.9 Å². The number of rotatable bonds is 8. The fourth-order valence-corrected chi connectivity index (χ4v) is 3.16. The third kappa shape index (κ3) is 4.09. The van der Waals surface area contributed by atoms with Crippen LogP contribution in [0.1, 0.15) is 31.8 Å². The molecule has 0 spiro atoms. The van der Waals surface area contributed by atoms with E-state index in [0.29, 0.717) is 5.69 Å². The molecule has 0 radical (unpaired) electrons. The number of carbonyl (C=O) groups is 3. The standard InChI is InChI=1S/C20H20ClN3O5/c21-10-16(25)24-11-8-13-18(15(9-11)29-7-5-23)20(27)17-12(19(13)26)2-1-3-14(17)28-6-4-22/h1-3,8-9H,4-7,10,22-23H2,(H,24,25). The normalized spacial score (nSPS) is 12.2. The van der Waals surface area contributed by atoms with Gasteiger partial charge in [0.25, 0.3) is 0 Å². The van der Waals surface area contributed by atoms with Crippen LogP contribution in [0.25, 0.3) is 0 Å². The fourth-order valence-electron chi connectivity index (χ4n) is 3.09. The average molecular weight is 418 g/mol. The summed E-state index contributed by atoms with van der Waals surface area (Å²) in [5.41, 5.74) is 11.9. The van der Waals surface area contributed by atoms with Crippen LogP contribution in [0.3, 0.4) is 0 Å². The molecule has 1 amide bonds. The molecule has 0 aliphatic heterocycles. The summed E-state index contributed by atoms with van der Waals surface area (Å²) in [5, 5.41) is 2.57. The maximum absolute atomic E-state index is 13.3.